The molecule has 9 heteroatoms. The van der Waals surface area contributed by atoms with Crippen LogP contribution in [0.5, 0.6) is 0 Å². The summed E-state index contributed by atoms with van der Waals surface area (Å²) in [6.07, 6.45) is 1.44. The molecule has 0 atom stereocenters. The van der Waals surface area contributed by atoms with Crippen molar-refractivity contribution in [1.82, 2.24) is 15.2 Å². The predicted octanol–water partition coefficient (Wildman–Crippen LogP) is 0.921. The number of hydrogen-bond acceptors (Lipinski definition) is 5. The van der Waals surface area contributed by atoms with Crippen LogP contribution in [-0.4, -0.2) is 34.7 Å². The number of aromatic nitrogens is 3. The summed E-state index contributed by atoms with van der Waals surface area (Å²) in [4.78, 5) is 14.5. The summed E-state index contributed by atoms with van der Waals surface area (Å²) >= 11 is 0. The molecule has 3 N–H and O–H groups in total. The largest absolute Gasteiger partial charge is 0.476 e. The maximum atomic E-state index is 12.3. The second-order valence-corrected chi connectivity index (χ2v) is 5.73. The Morgan fingerprint density at radius 2 is 2.10 bits per heavy atom. The number of nitrogens with one attached hydrogen (secondary N) is 2. The van der Waals surface area contributed by atoms with Crippen LogP contribution in [0.4, 0.5) is 5.82 Å². The van der Waals surface area contributed by atoms with E-state index in [2.05, 4.69) is 19.9 Å². The van der Waals surface area contributed by atoms with Crippen LogP contribution in [0, 0.1) is 13.8 Å². The van der Waals surface area contributed by atoms with E-state index in [0.717, 1.165) is 0 Å². The van der Waals surface area contributed by atoms with Gasteiger partial charge in [-0.05, 0) is 25.5 Å². The molecule has 2 aromatic rings. The number of H-pyrrole nitrogens is 1. The Balaban J connectivity index is 2.49. The van der Waals surface area contributed by atoms with Gasteiger partial charge >= 0.3 is 5.97 Å². The van der Waals surface area contributed by atoms with E-state index in [1.165, 1.54) is 13.1 Å². The Labute approximate surface area is 114 Å². The zero-order chi connectivity index (χ0) is 14.9. The normalized spacial score (nSPS) is 11.3. The van der Waals surface area contributed by atoms with Gasteiger partial charge in [-0.15, -0.1) is 0 Å². The number of hydrogen-bond donors (Lipinski definition) is 3. The third kappa shape index (κ3) is 2.48. The van der Waals surface area contributed by atoms with E-state index in [9.17, 15) is 13.2 Å². The molecule has 0 unspecified atom stereocenters. The van der Waals surface area contributed by atoms with Crippen LogP contribution in [0.3, 0.4) is 0 Å². The van der Waals surface area contributed by atoms with Gasteiger partial charge in [0.2, 0.25) is 0 Å². The minimum Gasteiger partial charge on any atom is -0.476 e. The maximum absolute atomic E-state index is 12.3. The van der Waals surface area contributed by atoms with Crippen LogP contribution in [0.2, 0.25) is 0 Å². The van der Waals surface area contributed by atoms with Gasteiger partial charge in [-0.2, -0.15) is 5.10 Å². The van der Waals surface area contributed by atoms with Crippen molar-refractivity contribution in [1.29, 1.82) is 0 Å². The SMILES string of the molecule is Cc1cccnc1NS(=O)(=O)c1c(C(=O)O)n[nH]c1C. The summed E-state index contributed by atoms with van der Waals surface area (Å²) in [5.41, 5.74) is 0.209. The fourth-order valence-corrected chi connectivity index (χ4v) is 3.07. The van der Waals surface area contributed by atoms with Crippen LogP contribution in [-0.2, 0) is 10.0 Å². The highest BCUT2D eigenvalue weighted by atomic mass is 32.2. The number of carboxylic acid groups (broad SMARTS) is 1. The van der Waals surface area contributed by atoms with Gasteiger partial charge < -0.3 is 5.11 Å². The monoisotopic (exact) mass is 296 g/mol. The molecule has 8 nitrogen and oxygen atoms in total. The van der Waals surface area contributed by atoms with Crippen molar-refractivity contribution in [3.8, 4) is 0 Å². The zero-order valence-electron chi connectivity index (χ0n) is 10.7. The Hall–Kier alpha value is -2.42. The van der Waals surface area contributed by atoms with Crippen LogP contribution in [0.25, 0.3) is 0 Å². The molecule has 0 aliphatic carbocycles. The first-order valence-electron chi connectivity index (χ1n) is 5.55. The summed E-state index contributed by atoms with van der Waals surface area (Å²) in [5, 5.41) is 14.8. The van der Waals surface area contributed by atoms with Gasteiger partial charge in [0.1, 0.15) is 10.7 Å². The number of pyridine rings is 1. The third-order valence-corrected chi connectivity index (χ3v) is 4.10. The number of aromatic carboxylic acids is 1. The van der Waals surface area contributed by atoms with Gasteiger partial charge in [0, 0.05) is 6.20 Å². The van der Waals surface area contributed by atoms with Crippen molar-refractivity contribution in [2.75, 3.05) is 4.72 Å². The minimum atomic E-state index is -4.09. The number of nitrogens with zero attached hydrogens (tertiary/aromatic N) is 2. The topological polar surface area (TPSA) is 125 Å². The Morgan fingerprint density at radius 1 is 1.40 bits per heavy atom. The molecule has 0 fully saturated rings. The van der Waals surface area contributed by atoms with E-state index in [0.29, 0.717) is 5.56 Å². The van der Waals surface area contributed by atoms with Gasteiger partial charge in [-0.25, -0.2) is 18.2 Å². The smallest absolute Gasteiger partial charge is 0.357 e. The molecular formula is C11H12N4O4S. The van der Waals surface area contributed by atoms with Gasteiger partial charge in [0.25, 0.3) is 10.0 Å². The van der Waals surface area contributed by atoms with E-state index in [-0.39, 0.29) is 11.5 Å². The molecule has 0 radical (unpaired) electrons. The lowest BCUT2D eigenvalue weighted by Crippen LogP contribution is -2.18. The molecular weight excluding hydrogens is 284 g/mol. The van der Waals surface area contributed by atoms with E-state index < -0.39 is 26.6 Å². The average molecular weight is 296 g/mol. The van der Waals surface area contributed by atoms with Crippen LogP contribution in [0.1, 0.15) is 21.7 Å². The minimum absolute atomic E-state index is 0.142. The first-order valence-corrected chi connectivity index (χ1v) is 7.04. The lowest BCUT2D eigenvalue weighted by molar-refractivity contribution is 0.0686. The number of rotatable bonds is 4. The first kappa shape index (κ1) is 14.0. The number of sulfonamides is 1. The van der Waals surface area contributed by atoms with E-state index in [1.54, 1.807) is 19.1 Å². The number of aryl methyl sites for hydroxylation is 2. The molecule has 2 heterocycles. The predicted molar refractivity (Wildman–Crippen MR) is 70.1 cm³/mol. The van der Waals surface area contributed by atoms with Gasteiger partial charge in [0.15, 0.2) is 5.69 Å². The van der Waals surface area contributed by atoms with Crippen molar-refractivity contribution >= 4 is 21.8 Å². The molecule has 0 spiro atoms. The van der Waals surface area contributed by atoms with Gasteiger partial charge in [-0.3, -0.25) is 9.82 Å². The van der Waals surface area contributed by atoms with E-state index in [1.807, 2.05) is 0 Å². The van der Waals surface area contributed by atoms with Crippen molar-refractivity contribution in [2.45, 2.75) is 18.7 Å². The van der Waals surface area contributed by atoms with E-state index >= 15 is 0 Å². The fraction of sp³-hybridized carbons (Fsp3) is 0.182. The highest BCUT2D eigenvalue weighted by Gasteiger charge is 2.28. The van der Waals surface area contributed by atoms with Crippen molar-refractivity contribution in [3.05, 3.63) is 35.3 Å². The summed E-state index contributed by atoms with van der Waals surface area (Å²) in [6, 6.07) is 3.35. The summed E-state index contributed by atoms with van der Waals surface area (Å²) < 4.78 is 26.8. The molecule has 0 saturated carbocycles. The molecule has 0 aromatic carbocycles. The molecule has 0 aliphatic heterocycles. The molecule has 0 aliphatic rings. The summed E-state index contributed by atoms with van der Waals surface area (Å²) in [6.45, 7) is 3.12. The average Bonchev–Trinajstić information content (AvgIpc) is 2.75. The molecule has 2 rings (SSSR count). The highest BCUT2D eigenvalue weighted by Crippen LogP contribution is 2.21. The number of carboxylic acids is 1. The van der Waals surface area contributed by atoms with Crippen molar-refractivity contribution in [3.63, 3.8) is 0 Å². The third-order valence-electron chi connectivity index (χ3n) is 2.60. The zero-order valence-corrected chi connectivity index (χ0v) is 11.5. The summed E-state index contributed by atoms with van der Waals surface area (Å²) in [5.74, 6) is -1.28. The number of carbonyl (C=O) groups is 1. The van der Waals surface area contributed by atoms with Crippen LogP contribution < -0.4 is 4.72 Å². The quantitative estimate of drug-likeness (QED) is 0.770. The Kier molecular flexibility index (Phi) is 3.45. The van der Waals surface area contributed by atoms with Crippen LogP contribution >= 0.6 is 0 Å². The molecule has 0 bridgehead atoms. The first-order chi connectivity index (χ1) is 9.33. The molecule has 2 aromatic heterocycles. The lowest BCUT2D eigenvalue weighted by Gasteiger charge is -2.09. The second kappa shape index (κ2) is 4.93. The van der Waals surface area contributed by atoms with Gasteiger partial charge in [-0.1, -0.05) is 6.07 Å². The fourth-order valence-electron chi connectivity index (χ4n) is 1.66. The van der Waals surface area contributed by atoms with Crippen LogP contribution in [0.15, 0.2) is 23.2 Å². The van der Waals surface area contributed by atoms with Gasteiger partial charge in [0.05, 0.1) is 5.69 Å². The van der Waals surface area contributed by atoms with E-state index in [4.69, 9.17) is 5.11 Å². The Bertz CT molecular complexity index is 766. The maximum Gasteiger partial charge on any atom is 0.357 e. The molecule has 20 heavy (non-hydrogen) atoms. The summed E-state index contributed by atoms with van der Waals surface area (Å²) in [7, 11) is -4.09. The standard InChI is InChI=1S/C11H12N4O4S/c1-6-4-3-5-12-10(6)15-20(18,19)9-7(2)13-14-8(9)11(16)17/h3-5H,1-2H3,(H,12,15)(H,13,14)(H,16,17). The Morgan fingerprint density at radius 3 is 2.70 bits per heavy atom. The second-order valence-electron chi connectivity index (χ2n) is 4.11. The molecule has 0 saturated heterocycles. The lowest BCUT2D eigenvalue weighted by atomic mass is 10.3. The molecule has 106 valence electrons. The van der Waals surface area contributed by atoms with Crippen molar-refractivity contribution < 1.29 is 18.3 Å². The van der Waals surface area contributed by atoms with Crippen molar-refractivity contribution in [2.24, 2.45) is 0 Å². The number of anilines is 1. The highest BCUT2D eigenvalue weighted by molar-refractivity contribution is 7.92. The number of aromatic amines is 1. The molecule has 0 amide bonds.